The molecule has 2 aliphatic heterocycles. The van der Waals surface area contributed by atoms with E-state index >= 15 is 0 Å². The van der Waals surface area contributed by atoms with Crippen LogP contribution in [0.25, 0.3) is 6.08 Å². The van der Waals surface area contributed by atoms with Crippen molar-refractivity contribution in [2.45, 2.75) is 12.6 Å². The van der Waals surface area contributed by atoms with Gasteiger partial charge >= 0.3 is 0 Å². The molecule has 33 heavy (non-hydrogen) atoms. The molecular weight excluding hydrogens is 424 g/mol. The summed E-state index contributed by atoms with van der Waals surface area (Å²) >= 11 is 0. The second kappa shape index (κ2) is 8.43. The Morgan fingerprint density at radius 2 is 1.76 bits per heavy atom. The summed E-state index contributed by atoms with van der Waals surface area (Å²) in [5.41, 5.74) is 3.55. The molecule has 1 atom stereocenters. The van der Waals surface area contributed by atoms with Gasteiger partial charge in [-0.25, -0.2) is 13.8 Å². The van der Waals surface area contributed by atoms with Gasteiger partial charge in [-0.3, -0.25) is 9.59 Å². The van der Waals surface area contributed by atoms with E-state index in [0.29, 0.717) is 35.5 Å². The number of anilines is 1. The van der Waals surface area contributed by atoms with Crippen LogP contribution in [0.2, 0.25) is 0 Å². The van der Waals surface area contributed by atoms with Crippen LogP contribution >= 0.6 is 0 Å². The summed E-state index contributed by atoms with van der Waals surface area (Å²) in [6, 6.07) is 17.5. The van der Waals surface area contributed by atoms with E-state index < -0.39 is 17.9 Å². The minimum Gasteiger partial charge on any atom is -0.323 e. The number of nitrogens with zero attached hydrogens (tertiary/aromatic N) is 2. The highest BCUT2D eigenvalue weighted by Crippen LogP contribution is 2.36. The number of hydrogen-bond donors (Lipinski definition) is 1. The maximum Gasteiger partial charge on any atom is 0.272 e. The predicted octanol–water partition coefficient (Wildman–Crippen LogP) is 3.86. The van der Waals surface area contributed by atoms with E-state index in [2.05, 4.69) is 10.3 Å². The molecule has 7 heteroatoms. The third kappa shape index (κ3) is 3.93. The number of nitrogens with one attached hydrogen (secondary N) is 1. The third-order valence-electron chi connectivity index (χ3n) is 5.71. The number of halogens is 2. The summed E-state index contributed by atoms with van der Waals surface area (Å²) in [6.07, 6.45) is 2.22. The molecule has 0 aromatic heterocycles. The summed E-state index contributed by atoms with van der Waals surface area (Å²) in [6.45, 7) is 0.461. The number of para-hydroxylation sites is 1. The minimum atomic E-state index is -1.22. The zero-order valence-corrected chi connectivity index (χ0v) is 17.5. The number of hydrogen-bond acceptors (Lipinski definition) is 3. The van der Waals surface area contributed by atoms with Crippen LogP contribution in [0.15, 0.2) is 77.8 Å². The van der Waals surface area contributed by atoms with Gasteiger partial charge in [-0.1, -0.05) is 42.5 Å². The number of benzene rings is 3. The van der Waals surface area contributed by atoms with Gasteiger partial charge in [0.15, 0.2) is 0 Å². The van der Waals surface area contributed by atoms with Crippen molar-refractivity contribution >= 4 is 29.3 Å². The normalized spacial score (nSPS) is 17.0. The Balaban J connectivity index is 1.52. The van der Waals surface area contributed by atoms with Crippen molar-refractivity contribution in [1.82, 2.24) is 5.32 Å². The predicted molar refractivity (Wildman–Crippen MR) is 122 cm³/mol. The van der Waals surface area contributed by atoms with Crippen LogP contribution in [-0.2, 0) is 16.0 Å². The van der Waals surface area contributed by atoms with E-state index in [1.165, 1.54) is 42.5 Å². The fraction of sp³-hybridized carbons (Fsp3) is 0.115. The van der Waals surface area contributed by atoms with E-state index in [-0.39, 0.29) is 17.3 Å². The third-order valence-corrected chi connectivity index (χ3v) is 5.71. The lowest BCUT2D eigenvalue weighted by molar-refractivity contribution is -0.125. The van der Waals surface area contributed by atoms with Crippen LogP contribution in [0.4, 0.5) is 14.5 Å². The monoisotopic (exact) mass is 443 g/mol. The van der Waals surface area contributed by atoms with Crippen molar-refractivity contribution in [2.75, 3.05) is 11.4 Å². The van der Waals surface area contributed by atoms with Crippen LogP contribution in [0.1, 0.15) is 22.3 Å². The van der Waals surface area contributed by atoms with E-state index in [4.69, 9.17) is 0 Å². The Hall–Kier alpha value is -4.13. The Labute approximate surface area is 189 Å². The summed E-state index contributed by atoms with van der Waals surface area (Å²) in [5, 5.41) is 2.63. The van der Waals surface area contributed by atoms with Gasteiger partial charge in [-0.05, 0) is 47.9 Å². The molecule has 0 fully saturated rings. The van der Waals surface area contributed by atoms with Gasteiger partial charge in [0.2, 0.25) is 12.1 Å². The molecule has 0 saturated carbocycles. The van der Waals surface area contributed by atoms with Crippen molar-refractivity contribution in [3.05, 3.63) is 107 Å². The first-order valence-corrected chi connectivity index (χ1v) is 10.5. The van der Waals surface area contributed by atoms with E-state index in [1.807, 2.05) is 18.2 Å². The van der Waals surface area contributed by atoms with Crippen LogP contribution in [0.5, 0.6) is 0 Å². The Morgan fingerprint density at radius 1 is 1.00 bits per heavy atom. The minimum absolute atomic E-state index is 0.258. The van der Waals surface area contributed by atoms with Crippen LogP contribution in [0, 0.1) is 11.6 Å². The first-order valence-electron chi connectivity index (χ1n) is 10.5. The molecule has 0 aliphatic carbocycles. The number of amides is 2. The van der Waals surface area contributed by atoms with Crippen molar-refractivity contribution in [2.24, 2.45) is 4.99 Å². The molecule has 0 saturated heterocycles. The summed E-state index contributed by atoms with van der Waals surface area (Å²) < 4.78 is 27.8. The lowest BCUT2D eigenvalue weighted by Crippen LogP contribution is -2.46. The van der Waals surface area contributed by atoms with Crippen molar-refractivity contribution in [3.8, 4) is 0 Å². The Bertz CT molecular complexity index is 1320. The van der Waals surface area contributed by atoms with Crippen molar-refractivity contribution in [3.63, 3.8) is 0 Å². The summed E-state index contributed by atoms with van der Waals surface area (Å²) in [7, 11) is 0. The molecule has 1 N–H and O–H groups in total. The fourth-order valence-corrected chi connectivity index (χ4v) is 4.16. The zero-order chi connectivity index (χ0) is 22.9. The highest BCUT2D eigenvalue weighted by atomic mass is 19.1. The quantitative estimate of drug-likeness (QED) is 0.623. The van der Waals surface area contributed by atoms with E-state index in [0.717, 1.165) is 5.56 Å². The topological polar surface area (TPSA) is 61.8 Å². The maximum absolute atomic E-state index is 14.7. The maximum atomic E-state index is 14.7. The number of rotatable bonds is 4. The average molecular weight is 443 g/mol. The lowest BCUT2D eigenvalue weighted by atomic mass is 9.98. The van der Waals surface area contributed by atoms with Gasteiger partial charge in [0, 0.05) is 23.7 Å². The first-order chi connectivity index (χ1) is 16.0. The summed E-state index contributed by atoms with van der Waals surface area (Å²) in [5.74, 6) is -1.76. The van der Waals surface area contributed by atoms with Crippen molar-refractivity contribution in [1.29, 1.82) is 0 Å². The molecule has 3 aromatic carbocycles. The van der Waals surface area contributed by atoms with Gasteiger partial charge < -0.3 is 10.2 Å². The molecule has 5 rings (SSSR count). The number of carbonyl (C=O) groups is 2. The van der Waals surface area contributed by atoms with Gasteiger partial charge in [0.05, 0.1) is 11.4 Å². The molecule has 2 aliphatic rings. The summed E-state index contributed by atoms with van der Waals surface area (Å²) in [4.78, 5) is 32.1. The molecule has 1 unspecified atom stereocenters. The number of carbonyl (C=O) groups excluding carboxylic acids is 2. The van der Waals surface area contributed by atoms with Crippen LogP contribution < -0.4 is 10.2 Å². The molecular formula is C26H19F2N3O2. The van der Waals surface area contributed by atoms with E-state index in [9.17, 15) is 18.4 Å². The second-order valence-electron chi connectivity index (χ2n) is 7.81. The smallest absolute Gasteiger partial charge is 0.272 e. The van der Waals surface area contributed by atoms with Gasteiger partial charge in [0.1, 0.15) is 11.6 Å². The molecule has 2 heterocycles. The number of aliphatic imine (C=N–C) groups is 1. The van der Waals surface area contributed by atoms with Gasteiger partial charge in [0.25, 0.3) is 5.91 Å². The standard InChI is InChI=1S/C26H19F2N3O2/c27-18-11-8-16(9-12-18)10-13-22(32)29-25-26(33)31-15-14-17-4-3-6-20(24(17)31)23(30-25)19-5-1-2-7-21(19)28/h1-13,25H,14-15H2,(H,29,32)/b13-10+. The van der Waals surface area contributed by atoms with Crippen LogP contribution in [-0.4, -0.2) is 30.2 Å². The largest absolute Gasteiger partial charge is 0.323 e. The average Bonchev–Trinajstić information content (AvgIpc) is 3.21. The lowest BCUT2D eigenvalue weighted by Gasteiger charge is -2.20. The molecule has 164 valence electrons. The van der Waals surface area contributed by atoms with E-state index in [1.54, 1.807) is 23.1 Å². The van der Waals surface area contributed by atoms with Gasteiger partial charge in [-0.15, -0.1) is 0 Å². The zero-order valence-electron chi connectivity index (χ0n) is 17.5. The fourth-order valence-electron chi connectivity index (χ4n) is 4.16. The molecule has 3 aromatic rings. The highest BCUT2D eigenvalue weighted by molar-refractivity contribution is 6.21. The molecule has 5 nitrogen and oxygen atoms in total. The first kappa shape index (κ1) is 20.8. The molecule has 0 radical (unpaired) electrons. The Kier molecular flexibility index (Phi) is 5.30. The second-order valence-corrected chi connectivity index (χ2v) is 7.81. The Morgan fingerprint density at radius 3 is 2.55 bits per heavy atom. The SMILES string of the molecule is O=C(/C=C/c1ccc(F)cc1)NC1N=C(c2ccccc2F)c2cccc3c2N(CC3)C1=O. The van der Waals surface area contributed by atoms with Gasteiger partial charge in [-0.2, -0.15) is 0 Å². The molecule has 0 bridgehead atoms. The molecule has 0 spiro atoms. The van der Waals surface area contributed by atoms with Crippen molar-refractivity contribution < 1.29 is 18.4 Å². The highest BCUT2D eigenvalue weighted by Gasteiger charge is 2.37. The molecule has 2 amide bonds. The van der Waals surface area contributed by atoms with Crippen LogP contribution in [0.3, 0.4) is 0 Å².